The second kappa shape index (κ2) is 6.99. The molecule has 0 spiro atoms. The number of amides is 1. The van der Waals surface area contributed by atoms with E-state index in [1.807, 2.05) is 4.90 Å². The Bertz CT molecular complexity index is 557. The summed E-state index contributed by atoms with van der Waals surface area (Å²) >= 11 is 0. The van der Waals surface area contributed by atoms with Crippen molar-refractivity contribution >= 4 is 15.9 Å². The first-order valence-electron chi connectivity index (χ1n) is 6.99. The third kappa shape index (κ3) is 5.43. The second-order valence-corrected chi connectivity index (χ2v) is 7.21. The molecule has 1 aromatic heterocycles. The lowest BCUT2D eigenvalue weighted by Gasteiger charge is -2.32. The molecule has 0 aliphatic carbocycles. The summed E-state index contributed by atoms with van der Waals surface area (Å²) in [7, 11) is -3.17. The van der Waals surface area contributed by atoms with Crippen LogP contribution in [0.4, 0.5) is 0 Å². The molecule has 1 saturated heterocycles. The van der Waals surface area contributed by atoms with Gasteiger partial charge < -0.3 is 4.90 Å². The van der Waals surface area contributed by atoms with Gasteiger partial charge in [-0.1, -0.05) is 0 Å². The molecule has 118 valence electrons. The fraction of sp³-hybridized carbons (Fsp3) is 0.750. The summed E-state index contributed by atoms with van der Waals surface area (Å²) in [6, 6.07) is 0. The van der Waals surface area contributed by atoms with Crippen LogP contribution in [0.25, 0.3) is 0 Å². The van der Waals surface area contributed by atoms with Crippen molar-refractivity contribution in [2.75, 3.05) is 25.9 Å². The van der Waals surface area contributed by atoms with Crippen molar-refractivity contribution in [3.63, 3.8) is 0 Å². The van der Waals surface area contributed by atoms with Crippen molar-refractivity contribution in [3.8, 4) is 0 Å². The lowest BCUT2D eigenvalue weighted by molar-refractivity contribution is -0.133. The number of nitrogens with zero attached hydrogens (tertiary/aromatic N) is 4. The minimum absolute atomic E-state index is 0.0783. The number of sulfonamides is 1. The van der Waals surface area contributed by atoms with Crippen LogP contribution in [0.3, 0.4) is 0 Å². The van der Waals surface area contributed by atoms with Crippen molar-refractivity contribution < 1.29 is 13.2 Å². The zero-order valence-electron chi connectivity index (χ0n) is 12.1. The van der Waals surface area contributed by atoms with Crippen molar-refractivity contribution in [1.29, 1.82) is 0 Å². The zero-order chi connectivity index (χ0) is 15.3. The third-order valence-corrected chi connectivity index (χ3v) is 4.22. The molecule has 2 heterocycles. The van der Waals surface area contributed by atoms with Gasteiger partial charge in [0.15, 0.2) is 0 Å². The van der Waals surface area contributed by atoms with Gasteiger partial charge in [-0.3, -0.25) is 9.48 Å². The Kier molecular flexibility index (Phi) is 5.29. The average Bonchev–Trinajstić information content (AvgIpc) is 2.95. The maximum Gasteiger partial charge on any atom is 0.224 e. The SMILES string of the molecule is CS(=O)(=O)NC[C@H]1CCCN(C(=O)CCn2cncn2)C1. The predicted octanol–water partition coefficient (Wildman–Crippen LogP) is -0.544. The molecule has 1 aliphatic heterocycles. The molecule has 21 heavy (non-hydrogen) atoms. The Morgan fingerprint density at radius 1 is 1.48 bits per heavy atom. The summed E-state index contributed by atoms with van der Waals surface area (Å²) in [5.41, 5.74) is 0. The Morgan fingerprint density at radius 3 is 2.95 bits per heavy atom. The summed E-state index contributed by atoms with van der Waals surface area (Å²) in [6.45, 7) is 2.26. The molecule has 1 atom stereocenters. The van der Waals surface area contributed by atoms with E-state index in [0.717, 1.165) is 25.6 Å². The van der Waals surface area contributed by atoms with Gasteiger partial charge in [-0.25, -0.2) is 18.1 Å². The number of piperidine rings is 1. The van der Waals surface area contributed by atoms with E-state index >= 15 is 0 Å². The Morgan fingerprint density at radius 2 is 2.29 bits per heavy atom. The summed E-state index contributed by atoms with van der Waals surface area (Å²) in [6.07, 6.45) is 6.41. The van der Waals surface area contributed by atoms with Crippen LogP contribution >= 0.6 is 0 Å². The Labute approximate surface area is 124 Å². The molecule has 2 rings (SSSR count). The van der Waals surface area contributed by atoms with Crippen LogP contribution in [-0.4, -0.2) is 59.9 Å². The van der Waals surface area contributed by atoms with E-state index in [0.29, 0.717) is 26.1 Å². The minimum atomic E-state index is -3.17. The van der Waals surface area contributed by atoms with Crippen LogP contribution in [0.1, 0.15) is 19.3 Å². The van der Waals surface area contributed by atoms with Crippen LogP contribution < -0.4 is 4.72 Å². The molecule has 1 aromatic rings. The summed E-state index contributed by atoms with van der Waals surface area (Å²) in [4.78, 5) is 17.8. The highest BCUT2D eigenvalue weighted by molar-refractivity contribution is 7.88. The van der Waals surface area contributed by atoms with Gasteiger partial charge in [0.25, 0.3) is 0 Å². The number of carbonyl (C=O) groups excluding carboxylic acids is 1. The van der Waals surface area contributed by atoms with Gasteiger partial charge in [-0.05, 0) is 18.8 Å². The highest BCUT2D eigenvalue weighted by atomic mass is 32.2. The zero-order valence-corrected chi connectivity index (χ0v) is 12.9. The van der Waals surface area contributed by atoms with E-state index < -0.39 is 10.0 Å². The Balaban J connectivity index is 1.78. The molecule has 0 radical (unpaired) electrons. The summed E-state index contributed by atoms with van der Waals surface area (Å²) < 4.78 is 26.4. The normalized spacial score (nSPS) is 19.7. The van der Waals surface area contributed by atoms with E-state index in [1.54, 1.807) is 11.0 Å². The monoisotopic (exact) mass is 315 g/mol. The van der Waals surface area contributed by atoms with Gasteiger partial charge >= 0.3 is 0 Å². The molecule has 0 unspecified atom stereocenters. The van der Waals surface area contributed by atoms with E-state index in [4.69, 9.17) is 0 Å². The van der Waals surface area contributed by atoms with Crippen molar-refractivity contribution in [3.05, 3.63) is 12.7 Å². The van der Waals surface area contributed by atoms with Gasteiger partial charge in [0.1, 0.15) is 12.7 Å². The third-order valence-electron chi connectivity index (χ3n) is 3.53. The summed E-state index contributed by atoms with van der Waals surface area (Å²) in [5, 5.41) is 3.96. The molecule has 0 saturated carbocycles. The number of likely N-dealkylation sites (tertiary alicyclic amines) is 1. The molecular formula is C12H21N5O3S. The van der Waals surface area contributed by atoms with E-state index in [1.165, 1.54) is 6.33 Å². The lowest BCUT2D eigenvalue weighted by Crippen LogP contribution is -2.43. The van der Waals surface area contributed by atoms with Crippen LogP contribution in [-0.2, 0) is 21.4 Å². The molecular weight excluding hydrogens is 294 g/mol. The minimum Gasteiger partial charge on any atom is -0.342 e. The van der Waals surface area contributed by atoms with Gasteiger partial charge in [-0.15, -0.1) is 0 Å². The lowest BCUT2D eigenvalue weighted by atomic mass is 9.98. The largest absolute Gasteiger partial charge is 0.342 e. The van der Waals surface area contributed by atoms with Crippen molar-refractivity contribution in [1.82, 2.24) is 24.4 Å². The maximum absolute atomic E-state index is 12.2. The van der Waals surface area contributed by atoms with Crippen LogP contribution in [0.15, 0.2) is 12.7 Å². The van der Waals surface area contributed by atoms with Crippen LogP contribution in [0, 0.1) is 5.92 Å². The molecule has 1 aliphatic rings. The van der Waals surface area contributed by atoms with E-state index in [-0.39, 0.29) is 11.8 Å². The quantitative estimate of drug-likeness (QED) is 0.760. The first-order valence-corrected chi connectivity index (χ1v) is 8.88. The number of rotatable bonds is 6. The standard InChI is InChI=1S/C12H21N5O3S/c1-21(19,20)15-7-11-3-2-5-16(8-11)12(18)4-6-17-10-13-9-14-17/h9-11,15H,2-8H2,1H3/t11-/m1/s1. The number of aromatic nitrogens is 3. The molecule has 8 nitrogen and oxygen atoms in total. The smallest absolute Gasteiger partial charge is 0.224 e. The fourth-order valence-electron chi connectivity index (χ4n) is 2.44. The molecule has 1 fully saturated rings. The highest BCUT2D eigenvalue weighted by Gasteiger charge is 2.24. The van der Waals surface area contributed by atoms with Gasteiger partial charge in [-0.2, -0.15) is 5.10 Å². The Hall–Kier alpha value is -1.48. The molecule has 1 amide bonds. The molecule has 0 bridgehead atoms. The highest BCUT2D eigenvalue weighted by Crippen LogP contribution is 2.16. The van der Waals surface area contributed by atoms with Gasteiger partial charge in [0, 0.05) is 26.1 Å². The molecule has 9 heteroatoms. The van der Waals surface area contributed by atoms with E-state index in [9.17, 15) is 13.2 Å². The average molecular weight is 315 g/mol. The second-order valence-electron chi connectivity index (χ2n) is 5.38. The number of carbonyl (C=O) groups is 1. The first-order chi connectivity index (χ1) is 9.94. The summed E-state index contributed by atoms with van der Waals surface area (Å²) in [5.74, 6) is 0.262. The number of hydrogen-bond acceptors (Lipinski definition) is 5. The van der Waals surface area contributed by atoms with Gasteiger partial charge in [0.05, 0.1) is 12.8 Å². The van der Waals surface area contributed by atoms with E-state index in [2.05, 4.69) is 14.8 Å². The first kappa shape index (κ1) is 15.9. The predicted molar refractivity (Wildman–Crippen MR) is 76.8 cm³/mol. The van der Waals surface area contributed by atoms with Crippen molar-refractivity contribution in [2.24, 2.45) is 5.92 Å². The van der Waals surface area contributed by atoms with Crippen LogP contribution in [0.2, 0.25) is 0 Å². The number of nitrogens with one attached hydrogen (secondary N) is 1. The number of hydrogen-bond donors (Lipinski definition) is 1. The molecule has 1 N–H and O–H groups in total. The molecule has 0 aromatic carbocycles. The topological polar surface area (TPSA) is 97.2 Å². The number of aryl methyl sites for hydroxylation is 1. The fourth-order valence-corrected chi connectivity index (χ4v) is 2.98. The van der Waals surface area contributed by atoms with Crippen molar-refractivity contribution in [2.45, 2.75) is 25.8 Å². The van der Waals surface area contributed by atoms with Gasteiger partial charge in [0.2, 0.25) is 15.9 Å². The maximum atomic E-state index is 12.2. The van der Waals surface area contributed by atoms with Crippen LogP contribution in [0.5, 0.6) is 0 Å².